The molecule has 0 saturated heterocycles. The van der Waals surface area contributed by atoms with E-state index in [4.69, 9.17) is 11.6 Å². The highest BCUT2D eigenvalue weighted by Crippen LogP contribution is 2.12. The highest BCUT2D eigenvalue weighted by Gasteiger charge is 1.89. The summed E-state index contributed by atoms with van der Waals surface area (Å²) in [4.78, 5) is 3.92. The van der Waals surface area contributed by atoms with Crippen molar-refractivity contribution in [3.8, 4) is 0 Å². The zero-order valence-electron chi connectivity index (χ0n) is 4.44. The van der Waals surface area contributed by atoms with Gasteiger partial charge in [0.05, 0.1) is 0 Å². The third-order valence-corrected chi connectivity index (χ3v) is 1.46. The number of halogens is 2. The predicted molar refractivity (Wildman–Crippen MR) is 41.8 cm³/mol. The molecule has 0 bridgehead atoms. The van der Waals surface area contributed by atoms with Crippen LogP contribution >= 0.6 is 27.7 Å². The van der Waals surface area contributed by atoms with Gasteiger partial charge in [-0.25, -0.2) is 4.98 Å². The number of pyridine rings is 1. The third kappa shape index (κ3) is 1.84. The first-order valence-electron chi connectivity index (χ1n) is 2.31. The number of anilines is 1. The van der Waals surface area contributed by atoms with Gasteiger partial charge in [0.25, 0.3) is 0 Å². The maximum Gasteiger partial charge on any atom is 0.137 e. The van der Waals surface area contributed by atoms with Crippen molar-refractivity contribution in [2.45, 2.75) is 0 Å². The molecule has 48 valence electrons. The van der Waals surface area contributed by atoms with Crippen LogP contribution in [0.15, 0.2) is 18.3 Å². The molecule has 0 spiro atoms. The molecule has 0 saturated carbocycles. The predicted octanol–water partition coefficient (Wildman–Crippen LogP) is 2.46. The monoisotopic (exact) mass is 206 g/mol. The van der Waals surface area contributed by atoms with E-state index in [1.165, 1.54) is 0 Å². The zero-order chi connectivity index (χ0) is 6.69. The number of hydrogen-bond acceptors (Lipinski definition) is 2. The van der Waals surface area contributed by atoms with Crippen LogP contribution in [0.25, 0.3) is 0 Å². The average molecular weight is 207 g/mol. The van der Waals surface area contributed by atoms with E-state index in [2.05, 4.69) is 25.5 Å². The Bertz CT molecular complexity index is 204. The van der Waals surface area contributed by atoms with E-state index >= 15 is 0 Å². The fourth-order valence-corrected chi connectivity index (χ4v) is 0.833. The lowest BCUT2D eigenvalue weighted by atomic mass is 10.5. The molecule has 1 aromatic heterocycles. The van der Waals surface area contributed by atoms with Crippen LogP contribution in [-0.2, 0) is 0 Å². The fourth-order valence-electron chi connectivity index (χ4n) is 0.456. The minimum atomic E-state index is 0.673. The van der Waals surface area contributed by atoms with Crippen LogP contribution in [-0.4, -0.2) is 4.98 Å². The van der Waals surface area contributed by atoms with E-state index in [0.717, 1.165) is 0 Å². The molecule has 2 nitrogen and oxygen atoms in total. The van der Waals surface area contributed by atoms with Crippen LogP contribution < -0.4 is 4.34 Å². The number of aromatic nitrogens is 1. The molecule has 0 aromatic carbocycles. The topological polar surface area (TPSA) is 24.9 Å². The van der Waals surface area contributed by atoms with E-state index in [-0.39, 0.29) is 0 Å². The smallest absolute Gasteiger partial charge is 0.137 e. The van der Waals surface area contributed by atoms with Crippen molar-refractivity contribution in [2.24, 2.45) is 0 Å². The van der Waals surface area contributed by atoms with E-state index in [0.29, 0.717) is 10.8 Å². The molecule has 0 radical (unpaired) electrons. The van der Waals surface area contributed by atoms with Crippen molar-refractivity contribution in [1.29, 1.82) is 0 Å². The number of hydrogen-bond donors (Lipinski definition) is 1. The first-order chi connectivity index (χ1) is 4.33. The molecule has 0 aliphatic rings. The lowest BCUT2D eigenvalue weighted by Crippen LogP contribution is -1.82. The summed E-state index contributed by atoms with van der Waals surface area (Å²) in [5, 5.41) is 0.673. The summed E-state index contributed by atoms with van der Waals surface area (Å²) in [6.07, 6.45) is 1.63. The van der Waals surface area contributed by atoms with Crippen molar-refractivity contribution in [3.05, 3.63) is 23.4 Å². The normalized spacial score (nSPS) is 9.11. The molecule has 0 atom stereocenters. The van der Waals surface area contributed by atoms with E-state index in [1.54, 1.807) is 18.3 Å². The third-order valence-electron chi connectivity index (χ3n) is 0.819. The Morgan fingerprint density at radius 1 is 1.67 bits per heavy atom. The summed E-state index contributed by atoms with van der Waals surface area (Å²) in [7, 11) is 0. The summed E-state index contributed by atoms with van der Waals surface area (Å²) >= 11 is 8.64. The summed E-state index contributed by atoms with van der Waals surface area (Å²) < 4.78 is 2.68. The van der Waals surface area contributed by atoms with E-state index in [9.17, 15) is 0 Å². The minimum Gasteiger partial charge on any atom is -0.307 e. The van der Waals surface area contributed by atoms with Crippen molar-refractivity contribution in [3.63, 3.8) is 0 Å². The fraction of sp³-hybridized carbons (Fsp3) is 0. The Kier molecular flexibility index (Phi) is 2.30. The summed E-state index contributed by atoms with van der Waals surface area (Å²) in [6, 6.07) is 3.44. The summed E-state index contributed by atoms with van der Waals surface area (Å²) in [5.41, 5.74) is 0. The molecule has 1 N–H and O–H groups in total. The van der Waals surface area contributed by atoms with Gasteiger partial charge in [0.15, 0.2) is 0 Å². The molecule has 0 fully saturated rings. The first kappa shape index (κ1) is 6.83. The lowest BCUT2D eigenvalue weighted by molar-refractivity contribution is 1.34. The van der Waals surface area contributed by atoms with Crippen molar-refractivity contribution >= 4 is 33.6 Å². The summed E-state index contributed by atoms with van der Waals surface area (Å²) in [5.74, 6) is 0.711. The Labute approximate surface area is 66.6 Å². The van der Waals surface area contributed by atoms with E-state index in [1.807, 2.05) is 0 Å². The highest BCUT2D eigenvalue weighted by molar-refractivity contribution is 9.10. The Balaban J connectivity index is 2.94. The van der Waals surface area contributed by atoms with Gasteiger partial charge in [-0.1, -0.05) is 11.6 Å². The molecule has 0 amide bonds. The maximum absolute atomic E-state index is 5.62. The zero-order valence-corrected chi connectivity index (χ0v) is 6.78. The summed E-state index contributed by atoms with van der Waals surface area (Å²) in [6.45, 7) is 0. The molecular weight excluding hydrogens is 203 g/mol. The first-order valence-corrected chi connectivity index (χ1v) is 3.48. The molecule has 4 heteroatoms. The molecule has 1 heterocycles. The van der Waals surface area contributed by atoms with Gasteiger partial charge < -0.3 is 4.34 Å². The number of nitrogens with one attached hydrogen (secondary N) is 1. The van der Waals surface area contributed by atoms with Crippen molar-refractivity contribution < 1.29 is 0 Å². The second-order valence-corrected chi connectivity index (χ2v) is 2.29. The van der Waals surface area contributed by atoms with Crippen LogP contribution in [0.4, 0.5) is 5.82 Å². The largest absolute Gasteiger partial charge is 0.307 e. The van der Waals surface area contributed by atoms with Crippen LogP contribution in [0.2, 0.25) is 5.02 Å². The number of rotatable bonds is 1. The molecule has 1 aromatic rings. The maximum atomic E-state index is 5.62. The molecule has 0 aliphatic carbocycles. The molecule has 0 aliphatic heterocycles. The quantitative estimate of drug-likeness (QED) is 0.716. The van der Waals surface area contributed by atoms with Gasteiger partial charge in [-0.2, -0.15) is 0 Å². The van der Waals surface area contributed by atoms with Gasteiger partial charge in [-0.3, -0.25) is 0 Å². The second kappa shape index (κ2) is 3.03. The standard InChI is InChI=1S/C5H4BrClN2/c6-9-5-3-4(7)1-2-8-5/h1-3H,(H,8,9). The van der Waals surface area contributed by atoms with Gasteiger partial charge in [-0.05, 0) is 12.1 Å². The Morgan fingerprint density at radius 3 is 2.89 bits per heavy atom. The Morgan fingerprint density at radius 2 is 2.44 bits per heavy atom. The van der Waals surface area contributed by atoms with Crippen molar-refractivity contribution in [1.82, 2.24) is 4.98 Å². The Hall–Kier alpha value is -0.280. The minimum absolute atomic E-state index is 0.673. The van der Waals surface area contributed by atoms with Gasteiger partial charge >= 0.3 is 0 Å². The van der Waals surface area contributed by atoms with Crippen molar-refractivity contribution in [2.75, 3.05) is 4.34 Å². The number of nitrogens with zero attached hydrogens (tertiary/aromatic N) is 1. The second-order valence-electron chi connectivity index (χ2n) is 1.45. The van der Waals surface area contributed by atoms with E-state index < -0.39 is 0 Å². The van der Waals surface area contributed by atoms with Gasteiger partial charge in [-0.15, -0.1) is 0 Å². The SMILES string of the molecule is Clc1ccnc(NBr)c1. The van der Waals surface area contributed by atoms with Gasteiger partial charge in [0.2, 0.25) is 0 Å². The van der Waals surface area contributed by atoms with Crippen LogP contribution in [0.1, 0.15) is 0 Å². The molecule has 0 unspecified atom stereocenters. The van der Waals surface area contributed by atoms with Gasteiger partial charge in [0.1, 0.15) is 5.82 Å². The lowest BCUT2D eigenvalue weighted by Gasteiger charge is -1.93. The van der Waals surface area contributed by atoms with Crippen LogP contribution in [0.5, 0.6) is 0 Å². The van der Waals surface area contributed by atoms with Crippen LogP contribution in [0, 0.1) is 0 Å². The average Bonchev–Trinajstić information content (AvgIpc) is 1.88. The molecule has 1 rings (SSSR count). The molecule has 9 heavy (non-hydrogen) atoms. The van der Waals surface area contributed by atoms with Crippen LogP contribution in [0.3, 0.4) is 0 Å². The highest BCUT2D eigenvalue weighted by atomic mass is 79.9. The molecular formula is C5H4BrClN2. The van der Waals surface area contributed by atoms with Gasteiger partial charge in [0, 0.05) is 27.4 Å².